The molecule has 0 bridgehead atoms. The summed E-state index contributed by atoms with van der Waals surface area (Å²) >= 11 is 0. The number of hydrogen-bond acceptors (Lipinski definition) is 4. The van der Waals surface area contributed by atoms with Gasteiger partial charge in [-0.15, -0.1) is 0 Å². The normalized spacial score (nSPS) is 21.6. The van der Waals surface area contributed by atoms with Gasteiger partial charge in [0.1, 0.15) is 0 Å². The molecule has 1 heterocycles. The maximum Gasteiger partial charge on any atom is 0.0933 e. The standard InChI is InChI=1S/C12H25NO3/c1-11(2)3-5-14-7-8-15-10-12-9-13-4-6-16-12/h11-13H,3-10H2,1-2H3. The van der Waals surface area contributed by atoms with Crippen molar-refractivity contribution < 1.29 is 14.2 Å². The minimum atomic E-state index is 0.212. The number of ether oxygens (including phenoxy) is 3. The summed E-state index contributed by atoms with van der Waals surface area (Å²) in [7, 11) is 0. The molecule has 1 aliphatic heterocycles. The molecule has 0 aromatic rings. The SMILES string of the molecule is CC(C)CCOCCOCC1CNCCO1. The number of nitrogens with one attached hydrogen (secondary N) is 1. The minimum Gasteiger partial charge on any atom is -0.379 e. The van der Waals surface area contributed by atoms with E-state index in [9.17, 15) is 0 Å². The van der Waals surface area contributed by atoms with Gasteiger partial charge in [-0.25, -0.2) is 0 Å². The lowest BCUT2D eigenvalue weighted by molar-refractivity contribution is -0.0432. The fraction of sp³-hybridized carbons (Fsp3) is 1.00. The van der Waals surface area contributed by atoms with Gasteiger partial charge in [0.05, 0.1) is 32.5 Å². The predicted molar refractivity (Wildman–Crippen MR) is 63.7 cm³/mol. The molecule has 0 saturated carbocycles. The van der Waals surface area contributed by atoms with E-state index in [0.29, 0.717) is 25.7 Å². The van der Waals surface area contributed by atoms with Crippen LogP contribution in [-0.2, 0) is 14.2 Å². The Morgan fingerprint density at radius 1 is 1.25 bits per heavy atom. The molecule has 4 heteroatoms. The second kappa shape index (κ2) is 8.93. The van der Waals surface area contributed by atoms with Crippen molar-refractivity contribution in [1.29, 1.82) is 0 Å². The number of morpholine rings is 1. The Labute approximate surface area is 98.6 Å². The van der Waals surface area contributed by atoms with Gasteiger partial charge in [-0.05, 0) is 12.3 Å². The number of rotatable bonds is 8. The zero-order chi connectivity index (χ0) is 11.6. The highest BCUT2D eigenvalue weighted by Crippen LogP contribution is 1.99. The highest BCUT2D eigenvalue weighted by Gasteiger charge is 2.12. The van der Waals surface area contributed by atoms with Crippen LogP contribution in [0.1, 0.15) is 20.3 Å². The molecule has 96 valence electrons. The Kier molecular flexibility index (Phi) is 7.76. The Hall–Kier alpha value is -0.160. The van der Waals surface area contributed by atoms with E-state index in [4.69, 9.17) is 14.2 Å². The van der Waals surface area contributed by atoms with Gasteiger partial charge in [0.25, 0.3) is 0 Å². The third-order valence-electron chi connectivity index (χ3n) is 2.52. The van der Waals surface area contributed by atoms with Crippen LogP contribution in [0.2, 0.25) is 0 Å². The fourth-order valence-corrected chi connectivity index (χ4v) is 1.48. The maximum absolute atomic E-state index is 5.51. The molecule has 1 aliphatic rings. The summed E-state index contributed by atoms with van der Waals surface area (Å²) in [5.41, 5.74) is 0. The average Bonchev–Trinajstić information content (AvgIpc) is 2.29. The van der Waals surface area contributed by atoms with Crippen LogP contribution < -0.4 is 5.32 Å². The fourth-order valence-electron chi connectivity index (χ4n) is 1.48. The summed E-state index contributed by atoms with van der Waals surface area (Å²) in [4.78, 5) is 0. The molecule has 0 aliphatic carbocycles. The second-order valence-electron chi connectivity index (χ2n) is 4.57. The van der Waals surface area contributed by atoms with Gasteiger partial charge in [-0.3, -0.25) is 0 Å². The molecule has 0 aromatic heterocycles. The third-order valence-corrected chi connectivity index (χ3v) is 2.52. The molecule has 4 nitrogen and oxygen atoms in total. The van der Waals surface area contributed by atoms with Crippen LogP contribution in [0.25, 0.3) is 0 Å². The molecule has 0 aromatic carbocycles. The van der Waals surface area contributed by atoms with E-state index in [1.165, 1.54) is 0 Å². The van der Waals surface area contributed by atoms with Crippen LogP contribution in [0.5, 0.6) is 0 Å². The molecule has 1 unspecified atom stereocenters. The molecule has 1 fully saturated rings. The molecule has 0 radical (unpaired) electrons. The van der Waals surface area contributed by atoms with Crippen LogP contribution in [0.15, 0.2) is 0 Å². The summed E-state index contributed by atoms with van der Waals surface area (Å²) in [6.45, 7) is 9.90. The first-order chi connectivity index (χ1) is 7.79. The number of hydrogen-bond donors (Lipinski definition) is 1. The summed E-state index contributed by atoms with van der Waals surface area (Å²) in [5, 5.41) is 3.27. The summed E-state index contributed by atoms with van der Waals surface area (Å²) in [5.74, 6) is 0.711. The Balaban J connectivity index is 1.80. The Morgan fingerprint density at radius 3 is 2.75 bits per heavy atom. The lowest BCUT2D eigenvalue weighted by Gasteiger charge is -2.23. The minimum absolute atomic E-state index is 0.212. The molecule has 1 rings (SSSR count). The molecule has 0 spiro atoms. The highest BCUT2D eigenvalue weighted by molar-refractivity contribution is 4.65. The van der Waals surface area contributed by atoms with E-state index in [0.717, 1.165) is 32.7 Å². The molecule has 1 N–H and O–H groups in total. The smallest absolute Gasteiger partial charge is 0.0933 e. The highest BCUT2D eigenvalue weighted by atomic mass is 16.5. The molecule has 1 atom stereocenters. The molecular weight excluding hydrogens is 206 g/mol. The van der Waals surface area contributed by atoms with E-state index in [2.05, 4.69) is 19.2 Å². The maximum atomic E-state index is 5.51. The first kappa shape index (κ1) is 13.9. The third kappa shape index (κ3) is 7.17. The zero-order valence-corrected chi connectivity index (χ0v) is 10.5. The summed E-state index contributed by atoms with van der Waals surface area (Å²) < 4.78 is 16.5. The summed E-state index contributed by atoms with van der Waals surface area (Å²) in [6, 6.07) is 0. The van der Waals surface area contributed by atoms with Crippen molar-refractivity contribution in [2.75, 3.05) is 46.1 Å². The zero-order valence-electron chi connectivity index (χ0n) is 10.5. The van der Waals surface area contributed by atoms with Crippen molar-refractivity contribution in [3.63, 3.8) is 0 Å². The molecular formula is C12H25NO3. The molecule has 1 saturated heterocycles. The van der Waals surface area contributed by atoms with Gasteiger partial charge in [0.15, 0.2) is 0 Å². The quantitative estimate of drug-likeness (QED) is 0.634. The second-order valence-corrected chi connectivity index (χ2v) is 4.57. The van der Waals surface area contributed by atoms with Gasteiger partial charge in [-0.2, -0.15) is 0 Å². The van der Waals surface area contributed by atoms with Gasteiger partial charge >= 0.3 is 0 Å². The van der Waals surface area contributed by atoms with Crippen molar-refractivity contribution in [2.45, 2.75) is 26.4 Å². The van der Waals surface area contributed by atoms with Gasteiger partial charge in [-0.1, -0.05) is 13.8 Å². The van der Waals surface area contributed by atoms with Crippen molar-refractivity contribution in [2.24, 2.45) is 5.92 Å². The van der Waals surface area contributed by atoms with Crippen molar-refractivity contribution in [3.05, 3.63) is 0 Å². The predicted octanol–water partition coefficient (Wildman–Crippen LogP) is 1.05. The van der Waals surface area contributed by atoms with Crippen LogP contribution >= 0.6 is 0 Å². The largest absolute Gasteiger partial charge is 0.379 e. The van der Waals surface area contributed by atoms with Crippen molar-refractivity contribution in [3.8, 4) is 0 Å². The van der Waals surface area contributed by atoms with Crippen molar-refractivity contribution >= 4 is 0 Å². The molecule has 0 amide bonds. The van der Waals surface area contributed by atoms with E-state index >= 15 is 0 Å². The first-order valence-corrected chi connectivity index (χ1v) is 6.27. The average molecular weight is 231 g/mol. The van der Waals surface area contributed by atoms with Crippen molar-refractivity contribution in [1.82, 2.24) is 5.32 Å². The lowest BCUT2D eigenvalue weighted by Crippen LogP contribution is -2.41. The lowest BCUT2D eigenvalue weighted by atomic mass is 10.1. The molecule has 16 heavy (non-hydrogen) atoms. The van der Waals surface area contributed by atoms with Gasteiger partial charge in [0.2, 0.25) is 0 Å². The van der Waals surface area contributed by atoms with E-state index < -0.39 is 0 Å². The van der Waals surface area contributed by atoms with Gasteiger partial charge in [0, 0.05) is 19.7 Å². The van der Waals surface area contributed by atoms with Gasteiger partial charge < -0.3 is 19.5 Å². The Bertz CT molecular complexity index is 158. The van der Waals surface area contributed by atoms with Crippen LogP contribution in [0, 0.1) is 5.92 Å². The van der Waals surface area contributed by atoms with Crippen LogP contribution in [0.3, 0.4) is 0 Å². The summed E-state index contributed by atoms with van der Waals surface area (Å²) in [6.07, 6.45) is 1.33. The Morgan fingerprint density at radius 2 is 2.06 bits per heavy atom. The van der Waals surface area contributed by atoms with Crippen LogP contribution in [-0.4, -0.2) is 52.2 Å². The van der Waals surface area contributed by atoms with E-state index in [-0.39, 0.29) is 6.10 Å². The van der Waals surface area contributed by atoms with Crippen LogP contribution in [0.4, 0.5) is 0 Å². The first-order valence-electron chi connectivity index (χ1n) is 6.27. The van der Waals surface area contributed by atoms with E-state index in [1.54, 1.807) is 0 Å². The monoisotopic (exact) mass is 231 g/mol. The van der Waals surface area contributed by atoms with E-state index in [1.807, 2.05) is 0 Å². The topological polar surface area (TPSA) is 39.7 Å².